The van der Waals surface area contributed by atoms with Crippen LogP contribution in [0.5, 0.6) is 0 Å². The zero-order chi connectivity index (χ0) is 15.0. The van der Waals surface area contributed by atoms with E-state index in [9.17, 15) is 4.79 Å². The van der Waals surface area contributed by atoms with E-state index in [4.69, 9.17) is 17.3 Å². The van der Waals surface area contributed by atoms with Crippen molar-refractivity contribution in [3.05, 3.63) is 29.3 Å². The normalized spacial score (nSPS) is 28.9. The monoisotopic (exact) mass is 294 g/mol. The molecule has 1 amide bonds. The molecule has 110 valence electrons. The third-order valence-electron chi connectivity index (χ3n) is 4.53. The van der Waals surface area contributed by atoms with Crippen LogP contribution in [0.1, 0.15) is 40.0 Å². The highest BCUT2D eigenvalue weighted by atomic mass is 35.5. The Morgan fingerprint density at radius 2 is 2.10 bits per heavy atom. The minimum atomic E-state index is -0.680. The molecule has 0 aliphatic heterocycles. The van der Waals surface area contributed by atoms with Crippen molar-refractivity contribution >= 4 is 23.2 Å². The Bertz CT molecular complexity index is 515. The molecule has 1 fully saturated rings. The molecule has 0 aromatic heterocycles. The van der Waals surface area contributed by atoms with E-state index in [1.165, 1.54) is 0 Å². The molecule has 4 heteroatoms. The van der Waals surface area contributed by atoms with Gasteiger partial charge >= 0.3 is 0 Å². The summed E-state index contributed by atoms with van der Waals surface area (Å²) >= 11 is 6.01. The van der Waals surface area contributed by atoms with E-state index >= 15 is 0 Å². The highest BCUT2D eigenvalue weighted by Crippen LogP contribution is 2.45. The number of benzene rings is 1. The molecule has 1 aromatic carbocycles. The molecule has 3 nitrogen and oxygen atoms in total. The first-order valence-corrected chi connectivity index (χ1v) is 7.47. The van der Waals surface area contributed by atoms with Crippen molar-refractivity contribution in [3.63, 3.8) is 0 Å². The van der Waals surface area contributed by atoms with Gasteiger partial charge in [-0.25, -0.2) is 0 Å². The summed E-state index contributed by atoms with van der Waals surface area (Å²) in [4.78, 5) is 12.1. The smallest absolute Gasteiger partial charge is 0.243 e. The van der Waals surface area contributed by atoms with Gasteiger partial charge in [0.2, 0.25) is 5.91 Å². The maximum absolute atomic E-state index is 12.1. The fourth-order valence-electron chi connectivity index (χ4n) is 3.32. The quantitative estimate of drug-likeness (QED) is 0.890. The number of carbonyl (C=O) groups excluding carboxylic acids is 1. The van der Waals surface area contributed by atoms with Crippen LogP contribution in [0.4, 0.5) is 5.69 Å². The Labute approximate surface area is 125 Å². The molecule has 2 rings (SSSR count). The maximum Gasteiger partial charge on any atom is 0.243 e. The van der Waals surface area contributed by atoms with E-state index in [2.05, 4.69) is 26.1 Å². The van der Waals surface area contributed by atoms with Crippen LogP contribution in [0.2, 0.25) is 5.02 Å². The molecule has 20 heavy (non-hydrogen) atoms. The van der Waals surface area contributed by atoms with Gasteiger partial charge in [-0.15, -0.1) is 0 Å². The van der Waals surface area contributed by atoms with E-state index in [-0.39, 0.29) is 17.2 Å². The van der Waals surface area contributed by atoms with Gasteiger partial charge in [-0.1, -0.05) is 38.4 Å². The van der Waals surface area contributed by atoms with Crippen molar-refractivity contribution in [1.29, 1.82) is 0 Å². The molecule has 1 aliphatic carbocycles. The highest BCUT2D eigenvalue weighted by molar-refractivity contribution is 6.30. The zero-order valence-electron chi connectivity index (χ0n) is 12.4. The predicted molar refractivity (Wildman–Crippen MR) is 83.8 cm³/mol. The van der Waals surface area contributed by atoms with Gasteiger partial charge in [-0.05, 0) is 48.8 Å². The van der Waals surface area contributed by atoms with Crippen molar-refractivity contribution in [1.82, 2.24) is 0 Å². The summed E-state index contributed by atoms with van der Waals surface area (Å²) in [5.41, 5.74) is 6.16. The number of nitrogens with two attached hydrogens (primary N) is 1. The first kappa shape index (κ1) is 15.2. The predicted octanol–water partition coefficient (Wildman–Crippen LogP) is 3.82. The number of rotatable bonds is 3. The van der Waals surface area contributed by atoms with Crippen molar-refractivity contribution < 1.29 is 4.79 Å². The van der Waals surface area contributed by atoms with Gasteiger partial charge in [0.05, 0.1) is 0 Å². The fraction of sp³-hybridized carbons (Fsp3) is 0.562. The van der Waals surface area contributed by atoms with Crippen LogP contribution in [-0.4, -0.2) is 11.4 Å². The van der Waals surface area contributed by atoms with Gasteiger partial charge in [-0.2, -0.15) is 0 Å². The van der Waals surface area contributed by atoms with E-state index in [1.54, 1.807) is 0 Å². The minimum absolute atomic E-state index is 0.183. The first-order valence-electron chi connectivity index (χ1n) is 7.09. The fourth-order valence-corrected chi connectivity index (χ4v) is 3.51. The third-order valence-corrected chi connectivity index (χ3v) is 4.76. The lowest BCUT2D eigenvalue weighted by Crippen LogP contribution is -2.58. The maximum atomic E-state index is 12.1. The molecule has 0 radical (unpaired) electrons. The van der Waals surface area contributed by atoms with Crippen LogP contribution in [0.15, 0.2) is 24.3 Å². The van der Waals surface area contributed by atoms with Gasteiger partial charge in [0.1, 0.15) is 5.54 Å². The molecule has 3 N–H and O–H groups in total. The number of carbonyl (C=O) groups is 1. The SMILES string of the molecule is CC1CC(C)(C)CCC1(Nc1cccc(Cl)c1)C(N)=O. The number of halogens is 1. The minimum Gasteiger partial charge on any atom is -0.371 e. The lowest BCUT2D eigenvalue weighted by molar-refractivity contribution is -0.126. The average Bonchev–Trinajstić information content (AvgIpc) is 2.32. The molecule has 0 bridgehead atoms. The van der Waals surface area contributed by atoms with Crippen molar-refractivity contribution in [2.75, 3.05) is 5.32 Å². The average molecular weight is 295 g/mol. The Hall–Kier alpha value is -1.22. The Morgan fingerprint density at radius 1 is 1.40 bits per heavy atom. The van der Waals surface area contributed by atoms with Crippen molar-refractivity contribution in [2.45, 2.75) is 45.6 Å². The van der Waals surface area contributed by atoms with E-state index in [0.29, 0.717) is 5.02 Å². The second-order valence-corrected chi connectivity index (χ2v) is 7.18. The lowest BCUT2D eigenvalue weighted by atomic mass is 9.63. The number of primary amides is 1. The first-order chi connectivity index (χ1) is 9.25. The number of hydrogen-bond donors (Lipinski definition) is 2. The van der Waals surface area contributed by atoms with Gasteiger partial charge in [0.25, 0.3) is 0 Å². The number of hydrogen-bond acceptors (Lipinski definition) is 2. The summed E-state index contributed by atoms with van der Waals surface area (Å²) < 4.78 is 0. The molecule has 0 heterocycles. The Balaban J connectivity index is 2.29. The van der Waals surface area contributed by atoms with Gasteiger partial charge < -0.3 is 11.1 Å². The second-order valence-electron chi connectivity index (χ2n) is 6.74. The van der Waals surface area contributed by atoms with E-state index in [0.717, 1.165) is 24.9 Å². The topological polar surface area (TPSA) is 55.1 Å². The van der Waals surface area contributed by atoms with Crippen LogP contribution in [0.25, 0.3) is 0 Å². The molecule has 0 saturated heterocycles. The summed E-state index contributed by atoms with van der Waals surface area (Å²) in [6.07, 6.45) is 2.71. The number of amides is 1. The van der Waals surface area contributed by atoms with Gasteiger partial charge in [0, 0.05) is 10.7 Å². The van der Waals surface area contributed by atoms with Gasteiger partial charge in [0.15, 0.2) is 0 Å². The Morgan fingerprint density at radius 3 is 2.65 bits per heavy atom. The van der Waals surface area contributed by atoms with Crippen LogP contribution < -0.4 is 11.1 Å². The molecule has 2 unspecified atom stereocenters. The van der Waals surface area contributed by atoms with E-state index in [1.807, 2.05) is 24.3 Å². The molecular formula is C16H23ClN2O. The molecule has 1 saturated carbocycles. The summed E-state index contributed by atoms with van der Waals surface area (Å²) in [5, 5.41) is 4.01. The summed E-state index contributed by atoms with van der Waals surface area (Å²) in [7, 11) is 0. The second kappa shape index (κ2) is 5.28. The largest absolute Gasteiger partial charge is 0.371 e. The Kier molecular flexibility index (Phi) is 4.01. The number of nitrogens with one attached hydrogen (secondary N) is 1. The van der Waals surface area contributed by atoms with Crippen LogP contribution in [0.3, 0.4) is 0 Å². The van der Waals surface area contributed by atoms with E-state index < -0.39 is 5.54 Å². The standard InChI is InChI=1S/C16H23ClN2O/c1-11-10-15(2,3)7-8-16(11,14(18)20)19-13-6-4-5-12(17)9-13/h4-6,9,11,19H,7-8,10H2,1-3H3,(H2,18,20). The molecule has 1 aromatic rings. The lowest BCUT2D eigenvalue weighted by Gasteiger charge is -2.47. The van der Waals surface area contributed by atoms with Crippen molar-refractivity contribution in [2.24, 2.45) is 17.1 Å². The summed E-state index contributed by atoms with van der Waals surface area (Å²) in [6, 6.07) is 7.44. The molecule has 0 spiro atoms. The molecule has 1 aliphatic rings. The summed E-state index contributed by atoms with van der Waals surface area (Å²) in [6.45, 7) is 6.59. The number of anilines is 1. The van der Waals surface area contributed by atoms with Crippen LogP contribution >= 0.6 is 11.6 Å². The zero-order valence-corrected chi connectivity index (χ0v) is 13.1. The highest BCUT2D eigenvalue weighted by Gasteiger charge is 2.48. The van der Waals surface area contributed by atoms with Gasteiger partial charge in [-0.3, -0.25) is 4.79 Å². The van der Waals surface area contributed by atoms with Crippen molar-refractivity contribution in [3.8, 4) is 0 Å². The molecular weight excluding hydrogens is 272 g/mol. The summed E-state index contributed by atoms with van der Waals surface area (Å²) in [5.74, 6) is -0.0943. The third kappa shape index (κ3) is 2.93. The molecule has 2 atom stereocenters. The van der Waals surface area contributed by atoms with Crippen LogP contribution in [-0.2, 0) is 4.79 Å². The van der Waals surface area contributed by atoms with Crippen LogP contribution in [0, 0.1) is 11.3 Å².